The summed E-state index contributed by atoms with van der Waals surface area (Å²) < 4.78 is 15.2. The number of aromatic amines is 2. The van der Waals surface area contributed by atoms with Gasteiger partial charge in [-0.2, -0.15) is 0 Å². The third kappa shape index (κ3) is 8.81. The Morgan fingerprint density at radius 2 is 1.27 bits per heavy atom. The topological polar surface area (TPSA) is 204 Å². The molecule has 0 saturated carbocycles. The first-order valence-corrected chi connectivity index (χ1v) is 18.4. The van der Waals surface area contributed by atoms with Gasteiger partial charge in [0.25, 0.3) is 0 Å². The van der Waals surface area contributed by atoms with Crippen LogP contribution in [-0.4, -0.2) is 118 Å². The molecule has 2 saturated heterocycles. The van der Waals surface area contributed by atoms with Crippen molar-refractivity contribution in [1.29, 1.82) is 0 Å². The minimum atomic E-state index is -1.28. The van der Waals surface area contributed by atoms with Gasteiger partial charge in [0, 0.05) is 40.3 Å². The number of H-pyrrole nitrogens is 2. The average molecular weight is 757 g/mol. The number of rotatable bonds is 14. The number of imidazole rings is 2. The molecule has 6 rings (SSSR count). The minimum absolute atomic E-state index is 0.197. The van der Waals surface area contributed by atoms with Gasteiger partial charge in [-0.05, 0) is 54.9 Å². The van der Waals surface area contributed by atoms with Crippen LogP contribution in [0, 0.1) is 0 Å². The number of carboxylic acid groups (broad SMARTS) is 1. The zero-order valence-corrected chi connectivity index (χ0v) is 31.4. The molecule has 16 heteroatoms. The maximum Gasteiger partial charge on any atom is 0.407 e. The van der Waals surface area contributed by atoms with E-state index in [2.05, 4.69) is 30.6 Å². The molecular weight excluding hydrogens is 708 g/mol. The first kappa shape index (κ1) is 39.0. The predicted octanol–water partition coefficient (Wildman–Crippen LogP) is 4.89. The highest BCUT2D eigenvalue weighted by Gasteiger charge is 2.39. The van der Waals surface area contributed by atoms with E-state index in [0.29, 0.717) is 44.2 Å². The molecule has 0 spiro atoms. The van der Waals surface area contributed by atoms with Crippen LogP contribution in [0.4, 0.5) is 9.59 Å². The minimum Gasteiger partial charge on any atom is -0.465 e. The number of carbonyl (C=O) groups is 4. The molecule has 0 radical (unpaired) electrons. The number of nitrogens with one attached hydrogen (secondary N) is 4. The number of hydrogen-bond donors (Lipinski definition) is 5. The van der Waals surface area contributed by atoms with Gasteiger partial charge in [-0.3, -0.25) is 9.59 Å². The van der Waals surface area contributed by atoms with Crippen LogP contribution >= 0.6 is 0 Å². The maximum absolute atomic E-state index is 13.5. The second-order valence-electron chi connectivity index (χ2n) is 13.7. The van der Waals surface area contributed by atoms with Crippen molar-refractivity contribution in [3.8, 4) is 33.6 Å². The van der Waals surface area contributed by atoms with Gasteiger partial charge in [-0.1, -0.05) is 48.5 Å². The summed E-state index contributed by atoms with van der Waals surface area (Å²) in [6.45, 7) is 3.03. The average Bonchev–Trinajstić information content (AvgIpc) is 4.04. The van der Waals surface area contributed by atoms with E-state index >= 15 is 0 Å². The lowest BCUT2D eigenvalue weighted by Gasteiger charge is -2.30. The van der Waals surface area contributed by atoms with Crippen LogP contribution in [0.15, 0.2) is 60.9 Å². The highest BCUT2D eigenvalue weighted by Crippen LogP contribution is 2.35. The molecule has 0 aliphatic carbocycles. The molecule has 2 aliphatic heterocycles. The van der Waals surface area contributed by atoms with Gasteiger partial charge in [0.1, 0.15) is 23.7 Å². The Morgan fingerprint density at radius 3 is 1.73 bits per heavy atom. The van der Waals surface area contributed by atoms with Crippen LogP contribution in [-0.2, 0) is 23.8 Å². The smallest absolute Gasteiger partial charge is 0.407 e. The van der Waals surface area contributed by atoms with Gasteiger partial charge in [0.15, 0.2) is 0 Å². The van der Waals surface area contributed by atoms with Crippen LogP contribution in [0.1, 0.15) is 62.8 Å². The number of hydrogen-bond acceptors (Lipinski definition) is 9. The van der Waals surface area contributed by atoms with Crippen LogP contribution in [0.3, 0.4) is 0 Å². The number of amides is 4. The van der Waals surface area contributed by atoms with Crippen molar-refractivity contribution in [1.82, 2.24) is 40.4 Å². The van der Waals surface area contributed by atoms with Crippen molar-refractivity contribution in [2.75, 3.05) is 41.0 Å². The first-order valence-electron chi connectivity index (χ1n) is 18.4. The number of carbonyl (C=O) groups excluding carboxylic acids is 3. The predicted molar refractivity (Wildman–Crippen MR) is 202 cm³/mol. The van der Waals surface area contributed by atoms with Crippen molar-refractivity contribution in [3.05, 3.63) is 72.6 Å². The summed E-state index contributed by atoms with van der Waals surface area (Å²) in [6, 6.07) is 13.9. The fourth-order valence-electron chi connectivity index (χ4n) is 7.34. The van der Waals surface area contributed by atoms with E-state index in [0.717, 1.165) is 52.9 Å². The fourth-order valence-corrected chi connectivity index (χ4v) is 7.34. The zero-order chi connectivity index (χ0) is 39.1. The molecule has 5 atom stereocenters. The molecule has 16 nitrogen and oxygen atoms in total. The molecule has 4 heterocycles. The first-order chi connectivity index (χ1) is 26.6. The largest absolute Gasteiger partial charge is 0.465 e. The molecular formula is C39H48N8O8. The standard InChI is InChI=1S/C39H48N8O8/c1-23(54-3)33(45-38(50)51)37(49)47-19-6-8-32(47)35-41-22-30(43-35)27-15-11-25(12-16-27)24-9-13-26(14-10-24)29-21-40-34(42-29)31-7-5-18-46(31)36(48)28(17-20-53-2)44-39(52)55-4/h9-16,21-23,28,31-33,45H,5-8,17-20H2,1-4H3,(H,40,42)(H,41,43)(H,44,52)(H,50,51)/t23-,28+,31+,32+,33+/m1/s1. The molecule has 55 heavy (non-hydrogen) atoms. The lowest BCUT2D eigenvalue weighted by atomic mass is 10.0. The normalized spacial score (nSPS) is 18.5. The van der Waals surface area contributed by atoms with Crippen LogP contribution < -0.4 is 10.6 Å². The third-order valence-corrected chi connectivity index (χ3v) is 10.4. The van der Waals surface area contributed by atoms with Gasteiger partial charge in [0.2, 0.25) is 11.8 Å². The molecule has 0 unspecified atom stereocenters. The van der Waals surface area contributed by atoms with E-state index in [4.69, 9.17) is 14.2 Å². The SMILES string of the molecule is COCC[C@H](NC(=O)OC)C(=O)N1CCC[C@H]1c1ncc(-c2ccc(-c3ccc(-c4cnc([C@@H]5CCCN5C(=O)[C@@H](NC(=O)O)[C@@H](C)OC)[nH]4)cc3)cc2)[nH]1. The van der Waals surface area contributed by atoms with Crippen molar-refractivity contribution in [2.24, 2.45) is 0 Å². The second-order valence-corrected chi connectivity index (χ2v) is 13.7. The van der Waals surface area contributed by atoms with E-state index in [9.17, 15) is 24.3 Å². The van der Waals surface area contributed by atoms with E-state index in [-0.39, 0.29) is 23.9 Å². The summed E-state index contributed by atoms with van der Waals surface area (Å²) in [7, 11) is 4.26. The molecule has 2 aliphatic rings. The number of methoxy groups -OCH3 is 3. The summed E-state index contributed by atoms with van der Waals surface area (Å²) in [4.78, 5) is 69.8. The number of nitrogens with zero attached hydrogens (tertiary/aromatic N) is 4. The molecule has 292 valence electrons. The van der Waals surface area contributed by atoms with Gasteiger partial charge in [-0.15, -0.1) is 0 Å². The Bertz CT molecular complexity index is 1940. The molecule has 2 fully saturated rings. The quantitative estimate of drug-likeness (QED) is 0.118. The summed E-state index contributed by atoms with van der Waals surface area (Å²) in [6.07, 6.45) is 4.32. The van der Waals surface area contributed by atoms with Crippen LogP contribution in [0.2, 0.25) is 0 Å². The van der Waals surface area contributed by atoms with Gasteiger partial charge >= 0.3 is 12.2 Å². The molecule has 4 aromatic rings. The fraction of sp³-hybridized carbons (Fsp3) is 0.436. The van der Waals surface area contributed by atoms with E-state index in [1.807, 2.05) is 48.5 Å². The van der Waals surface area contributed by atoms with Gasteiger partial charge in [-0.25, -0.2) is 19.6 Å². The van der Waals surface area contributed by atoms with Crippen molar-refractivity contribution >= 4 is 24.0 Å². The van der Waals surface area contributed by atoms with E-state index in [1.165, 1.54) is 14.2 Å². The van der Waals surface area contributed by atoms with Gasteiger partial charge < -0.3 is 49.7 Å². The number of aromatic nitrogens is 4. The Kier molecular flexibility index (Phi) is 12.5. The summed E-state index contributed by atoms with van der Waals surface area (Å²) >= 11 is 0. The Balaban J connectivity index is 1.10. The summed E-state index contributed by atoms with van der Waals surface area (Å²) in [5.74, 6) is 0.803. The van der Waals surface area contributed by atoms with E-state index in [1.54, 1.807) is 36.2 Å². The summed E-state index contributed by atoms with van der Waals surface area (Å²) in [5.41, 5.74) is 5.59. The lowest BCUT2D eigenvalue weighted by Crippen LogP contribution is -2.53. The maximum atomic E-state index is 13.5. The Labute approximate surface area is 319 Å². The second kappa shape index (κ2) is 17.6. The number of alkyl carbamates (subject to hydrolysis) is 1. The number of ether oxygens (including phenoxy) is 3. The van der Waals surface area contributed by atoms with Crippen molar-refractivity contribution < 1.29 is 38.5 Å². The molecule has 5 N–H and O–H groups in total. The van der Waals surface area contributed by atoms with E-state index < -0.39 is 30.4 Å². The van der Waals surface area contributed by atoms with Crippen LogP contribution in [0.25, 0.3) is 33.6 Å². The Hall–Kier alpha value is -5.74. The molecule has 0 bridgehead atoms. The third-order valence-electron chi connectivity index (χ3n) is 10.4. The highest BCUT2D eigenvalue weighted by molar-refractivity contribution is 5.87. The van der Waals surface area contributed by atoms with Gasteiger partial charge in [0.05, 0.1) is 49.1 Å². The molecule has 2 aromatic carbocycles. The molecule has 2 aromatic heterocycles. The Morgan fingerprint density at radius 1 is 0.782 bits per heavy atom. The summed E-state index contributed by atoms with van der Waals surface area (Å²) in [5, 5.41) is 14.3. The van der Waals surface area contributed by atoms with Crippen molar-refractivity contribution in [2.45, 2.75) is 69.3 Å². The number of likely N-dealkylation sites (tertiary alicyclic amines) is 2. The molecule has 4 amide bonds. The lowest BCUT2D eigenvalue weighted by molar-refractivity contribution is -0.137. The highest BCUT2D eigenvalue weighted by atomic mass is 16.5. The zero-order valence-electron chi connectivity index (χ0n) is 31.4. The monoisotopic (exact) mass is 756 g/mol. The number of benzene rings is 2. The van der Waals surface area contributed by atoms with Crippen molar-refractivity contribution in [3.63, 3.8) is 0 Å². The van der Waals surface area contributed by atoms with Crippen LogP contribution in [0.5, 0.6) is 0 Å².